The Hall–Kier alpha value is -1.39. The molecule has 4 heteroatoms. The highest BCUT2D eigenvalue weighted by Crippen LogP contribution is 2.23. The molecule has 3 unspecified atom stereocenters. The van der Waals surface area contributed by atoms with Crippen molar-refractivity contribution in [2.75, 3.05) is 19.6 Å². The Morgan fingerprint density at radius 1 is 1.26 bits per heavy atom. The minimum Gasteiger partial charge on any atom is -0.352 e. The molecule has 0 saturated carbocycles. The molecule has 1 fully saturated rings. The van der Waals surface area contributed by atoms with Gasteiger partial charge in [0.1, 0.15) is 0 Å². The normalized spacial score (nSPS) is 23.5. The summed E-state index contributed by atoms with van der Waals surface area (Å²) < 4.78 is 0. The van der Waals surface area contributed by atoms with Gasteiger partial charge in [-0.3, -0.25) is 9.69 Å². The number of nitrogens with one attached hydrogen (secondary N) is 1. The first-order valence-corrected chi connectivity index (χ1v) is 8.76. The van der Waals surface area contributed by atoms with E-state index in [-0.39, 0.29) is 11.8 Å². The van der Waals surface area contributed by atoms with E-state index in [1.54, 1.807) is 0 Å². The molecule has 1 heterocycles. The minimum absolute atomic E-state index is 0.0301. The first-order valence-electron chi connectivity index (χ1n) is 8.76. The van der Waals surface area contributed by atoms with Crippen LogP contribution in [-0.2, 0) is 17.9 Å². The van der Waals surface area contributed by atoms with Crippen molar-refractivity contribution in [3.63, 3.8) is 0 Å². The third-order valence-electron chi connectivity index (χ3n) is 4.71. The summed E-state index contributed by atoms with van der Waals surface area (Å²) >= 11 is 0. The third-order valence-corrected chi connectivity index (χ3v) is 4.71. The lowest BCUT2D eigenvalue weighted by atomic mass is 9.91. The molecule has 0 bridgehead atoms. The van der Waals surface area contributed by atoms with E-state index in [0.29, 0.717) is 13.1 Å². The molecule has 1 aliphatic rings. The van der Waals surface area contributed by atoms with Crippen LogP contribution in [-0.4, -0.2) is 30.4 Å². The molecule has 128 valence electrons. The van der Waals surface area contributed by atoms with Gasteiger partial charge in [-0.25, -0.2) is 0 Å². The lowest BCUT2D eigenvalue weighted by molar-refractivity contribution is -0.124. The fourth-order valence-corrected chi connectivity index (χ4v) is 3.51. The number of hydrogen-bond donors (Lipinski definition) is 2. The monoisotopic (exact) mass is 317 g/mol. The maximum atomic E-state index is 11.9. The Morgan fingerprint density at radius 3 is 2.48 bits per heavy atom. The van der Waals surface area contributed by atoms with E-state index in [4.69, 9.17) is 5.73 Å². The molecule has 2 rings (SSSR count). The molecule has 1 aromatic carbocycles. The highest BCUT2D eigenvalue weighted by Gasteiger charge is 2.22. The smallest absolute Gasteiger partial charge is 0.224 e. The minimum atomic E-state index is -0.133. The number of rotatable bonds is 6. The third kappa shape index (κ3) is 5.33. The number of hydrogen-bond acceptors (Lipinski definition) is 3. The van der Waals surface area contributed by atoms with Gasteiger partial charge in [-0.15, -0.1) is 0 Å². The summed E-state index contributed by atoms with van der Waals surface area (Å²) in [5, 5.41) is 3.01. The number of likely N-dealkylation sites (tertiary alicyclic amines) is 1. The van der Waals surface area contributed by atoms with E-state index in [9.17, 15) is 4.79 Å². The predicted octanol–water partition coefficient (Wildman–Crippen LogP) is 2.38. The van der Waals surface area contributed by atoms with E-state index in [2.05, 4.69) is 42.3 Å². The average Bonchev–Trinajstić information content (AvgIpc) is 2.52. The predicted molar refractivity (Wildman–Crippen MR) is 94.7 cm³/mol. The highest BCUT2D eigenvalue weighted by atomic mass is 16.1. The van der Waals surface area contributed by atoms with Crippen molar-refractivity contribution in [2.24, 2.45) is 23.5 Å². The number of piperidine rings is 1. The van der Waals surface area contributed by atoms with Gasteiger partial charge < -0.3 is 11.1 Å². The zero-order valence-electron chi connectivity index (χ0n) is 14.7. The summed E-state index contributed by atoms with van der Waals surface area (Å²) in [6, 6.07) is 8.41. The molecule has 0 spiro atoms. The Morgan fingerprint density at radius 2 is 1.87 bits per heavy atom. The van der Waals surface area contributed by atoms with Gasteiger partial charge in [0.05, 0.1) is 0 Å². The van der Waals surface area contributed by atoms with Gasteiger partial charge in [-0.1, -0.05) is 45.0 Å². The summed E-state index contributed by atoms with van der Waals surface area (Å²) in [5.41, 5.74) is 8.07. The van der Waals surface area contributed by atoms with E-state index in [1.807, 2.05) is 13.0 Å². The number of carbonyl (C=O) groups is 1. The van der Waals surface area contributed by atoms with Crippen molar-refractivity contribution in [1.82, 2.24) is 10.2 Å². The van der Waals surface area contributed by atoms with Crippen molar-refractivity contribution >= 4 is 5.91 Å². The van der Waals surface area contributed by atoms with Crippen LogP contribution in [0.15, 0.2) is 24.3 Å². The number of nitrogens with zero attached hydrogens (tertiary/aromatic N) is 1. The van der Waals surface area contributed by atoms with E-state index >= 15 is 0 Å². The van der Waals surface area contributed by atoms with Gasteiger partial charge in [0.25, 0.3) is 0 Å². The van der Waals surface area contributed by atoms with Crippen LogP contribution >= 0.6 is 0 Å². The largest absolute Gasteiger partial charge is 0.352 e. The maximum Gasteiger partial charge on any atom is 0.224 e. The first kappa shape index (κ1) is 18.0. The molecule has 0 radical (unpaired) electrons. The summed E-state index contributed by atoms with van der Waals surface area (Å²) in [6.45, 7) is 10.8. The van der Waals surface area contributed by atoms with Crippen molar-refractivity contribution in [2.45, 2.75) is 40.3 Å². The summed E-state index contributed by atoms with van der Waals surface area (Å²) in [5.74, 6) is 1.42. The average molecular weight is 317 g/mol. The quantitative estimate of drug-likeness (QED) is 0.847. The van der Waals surface area contributed by atoms with Crippen molar-refractivity contribution in [3.05, 3.63) is 35.4 Å². The van der Waals surface area contributed by atoms with Crippen LogP contribution in [0.25, 0.3) is 0 Å². The van der Waals surface area contributed by atoms with Crippen LogP contribution in [0, 0.1) is 17.8 Å². The van der Waals surface area contributed by atoms with Crippen LogP contribution in [0.1, 0.15) is 38.3 Å². The molecule has 0 aliphatic carbocycles. The fourth-order valence-electron chi connectivity index (χ4n) is 3.51. The van der Waals surface area contributed by atoms with E-state index < -0.39 is 0 Å². The molecule has 1 amide bonds. The topological polar surface area (TPSA) is 58.4 Å². The van der Waals surface area contributed by atoms with Crippen molar-refractivity contribution in [3.8, 4) is 0 Å². The highest BCUT2D eigenvalue weighted by molar-refractivity contribution is 5.78. The van der Waals surface area contributed by atoms with Gasteiger partial charge in [0.2, 0.25) is 5.91 Å². The molecular weight excluding hydrogens is 286 g/mol. The molecule has 1 aromatic rings. The second-order valence-corrected chi connectivity index (χ2v) is 7.26. The van der Waals surface area contributed by atoms with Crippen LogP contribution in [0.3, 0.4) is 0 Å². The van der Waals surface area contributed by atoms with E-state index in [1.165, 1.54) is 17.5 Å². The lowest BCUT2D eigenvalue weighted by Crippen LogP contribution is -2.38. The molecule has 1 saturated heterocycles. The standard InChI is InChI=1S/C19H31N3O/c1-14-8-15(2)12-22(11-14)13-18-7-5-4-6-17(18)10-21-19(23)16(3)9-20/h4-7,14-16H,8-13,20H2,1-3H3,(H,21,23). The summed E-state index contributed by atoms with van der Waals surface area (Å²) in [7, 11) is 0. The zero-order chi connectivity index (χ0) is 16.8. The van der Waals surface area contributed by atoms with Gasteiger partial charge >= 0.3 is 0 Å². The maximum absolute atomic E-state index is 11.9. The molecule has 1 aliphatic heterocycles. The molecule has 23 heavy (non-hydrogen) atoms. The van der Waals surface area contributed by atoms with E-state index in [0.717, 1.165) is 31.5 Å². The second kappa shape index (κ2) is 8.46. The van der Waals surface area contributed by atoms with Crippen LogP contribution in [0.4, 0.5) is 0 Å². The number of amides is 1. The summed E-state index contributed by atoms with van der Waals surface area (Å²) in [4.78, 5) is 14.5. The fraction of sp³-hybridized carbons (Fsp3) is 0.632. The molecule has 4 nitrogen and oxygen atoms in total. The van der Waals surface area contributed by atoms with Crippen LogP contribution in [0.5, 0.6) is 0 Å². The Kier molecular flexibility index (Phi) is 6.60. The van der Waals surface area contributed by atoms with Gasteiger partial charge in [-0.05, 0) is 29.4 Å². The number of carbonyl (C=O) groups excluding carboxylic acids is 1. The zero-order valence-corrected chi connectivity index (χ0v) is 14.7. The first-order chi connectivity index (χ1) is 11.0. The SMILES string of the molecule is CC1CC(C)CN(Cc2ccccc2CNC(=O)C(C)CN)C1. The Labute approximate surface area is 140 Å². The van der Waals surface area contributed by atoms with Gasteiger partial charge in [0, 0.05) is 38.6 Å². The van der Waals surface area contributed by atoms with Crippen molar-refractivity contribution < 1.29 is 4.79 Å². The summed E-state index contributed by atoms with van der Waals surface area (Å²) in [6.07, 6.45) is 1.32. The number of nitrogens with two attached hydrogens (primary N) is 1. The lowest BCUT2D eigenvalue weighted by Gasteiger charge is -2.35. The molecule has 3 N–H and O–H groups in total. The number of benzene rings is 1. The molecular formula is C19H31N3O. The second-order valence-electron chi connectivity index (χ2n) is 7.26. The van der Waals surface area contributed by atoms with Gasteiger partial charge in [0.15, 0.2) is 0 Å². The van der Waals surface area contributed by atoms with Crippen LogP contribution < -0.4 is 11.1 Å². The van der Waals surface area contributed by atoms with Crippen molar-refractivity contribution in [1.29, 1.82) is 0 Å². The Bertz CT molecular complexity index is 507. The van der Waals surface area contributed by atoms with Crippen LogP contribution in [0.2, 0.25) is 0 Å². The van der Waals surface area contributed by atoms with Gasteiger partial charge in [-0.2, -0.15) is 0 Å². The molecule has 0 aromatic heterocycles. The molecule has 3 atom stereocenters. The Balaban J connectivity index is 1.98.